The maximum atomic E-state index is 12.3. The van der Waals surface area contributed by atoms with Crippen molar-refractivity contribution in [1.29, 1.82) is 0 Å². The number of carbonyl (C=O) groups is 2. The summed E-state index contributed by atoms with van der Waals surface area (Å²) >= 11 is 0. The molecule has 0 aromatic carbocycles. The fraction of sp³-hybridized carbons (Fsp3) is 0.688. The lowest BCUT2D eigenvalue weighted by molar-refractivity contribution is -0.139. The van der Waals surface area contributed by atoms with Gasteiger partial charge in [0.1, 0.15) is 5.60 Å². The highest BCUT2D eigenvalue weighted by Gasteiger charge is 2.37. The first-order valence-corrected chi connectivity index (χ1v) is 8.33. The van der Waals surface area contributed by atoms with Crippen molar-refractivity contribution in [3.63, 3.8) is 0 Å². The second-order valence-electron chi connectivity index (χ2n) is 6.81. The number of aromatic nitrogens is 2. The number of hydrogen-bond acceptors (Lipinski definition) is 4. The molecule has 8 heteroatoms. The molecule has 3 rings (SSSR count). The molecule has 24 heavy (non-hydrogen) atoms. The molecule has 3 heterocycles. The number of urea groups is 1. The Bertz CT molecular complexity index is 634. The maximum absolute atomic E-state index is 12.3. The number of rotatable bonds is 3. The highest BCUT2D eigenvalue weighted by Crippen LogP contribution is 2.25. The lowest BCUT2D eigenvalue weighted by Gasteiger charge is -2.29. The molecule has 1 aromatic heterocycles. The van der Waals surface area contributed by atoms with E-state index in [4.69, 9.17) is 4.74 Å². The van der Waals surface area contributed by atoms with Gasteiger partial charge >= 0.3 is 6.03 Å². The first-order valence-electron chi connectivity index (χ1n) is 8.33. The molecule has 1 fully saturated rings. The van der Waals surface area contributed by atoms with E-state index < -0.39 is 5.60 Å². The third-order valence-electron chi connectivity index (χ3n) is 4.63. The minimum Gasteiger partial charge on any atom is -0.365 e. The predicted molar refractivity (Wildman–Crippen MR) is 87.2 cm³/mol. The fourth-order valence-electron chi connectivity index (χ4n) is 3.17. The van der Waals surface area contributed by atoms with Gasteiger partial charge in [0.05, 0.1) is 31.0 Å². The van der Waals surface area contributed by atoms with Crippen LogP contribution < -0.4 is 5.32 Å². The predicted octanol–water partition coefficient (Wildman–Crippen LogP) is 0.566. The summed E-state index contributed by atoms with van der Waals surface area (Å²) in [7, 11) is 3.50. The lowest BCUT2D eigenvalue weighted by Crippen LogP contribution is -2.43. The third-order valence-corrected chi connectivity index (χ3v) is 4.63. The first kappa shape index (κ1) is 16.8. The van der Waals surface area contributed by atoms with Crippen LogP contribution in [-0.4, -0.2) is 64.4 Å². The normalized spacial score (nSPS) is 23.0. The van der Waals surface area contributed by atoms with Crippen molar-refractivity contribution < 1.29 is 14.3 Å². The Balaban J connectivity index is 1.60. The van der Waals surface area contributed by atoms with E-state index in [1.54, 1.807) is 23.9 Å². The number of nitrogens with zero attached hydrogens (tertiary/aromatic N) is 4. The summed E-state index contributed by atoms with van der Waals surface area (Å²) in [5.41, 5.74) is 1.08. The molecular weight excluding hydrogens is 310 g/mol. The topological polar surface area (TPSA) is 79.7 Å². The average Bonchev–Trinajstić information content (AvgIpc) is 3.17. The summed E-state index contributed by atoms with van der Waals surface area (Å²) in [6, 6.07) is 1.95. The van der Waals surface area contributed by atoms with Crippen molar-refractivity contribution in [3.05, 3.63) is 17.5 Å². The largest absolute Gasteiger partial charge is 0.365 e. The monoisotopic (exact) mass is 335 g/mol. The van der Waals surface area contributed by atoms with Crippen LogP contribution in [0, 0.1) is 0 Å². The second kappa shape index (κ2) is 6.43. The second-order valence-corrected chi connectivity index (χ2v) is 6.81. The van der Waals surface area contributed by atoms with Crippen LogP contribution in [0.3, 0.4) is 0 Å². The molecule has 0 saturated carbocycles. The molecule has 2 aliphatic heterocycles. The zero-order chi connectivity index (χ0) is 17.3. The van der Waals surface area contributed by atoms with Crippen molar-refractivity contribution >= 4 is 11.9 Å². The number of amides is 3. The van der Waals surface area contributed by atoms with E-state index in [-0.39, 0.29) is 11.9 Å². The van der Waals surface area contributed by atoms with Crippen LogP contribution in [0.4, 0.5) is 4.79 Å². The zero-order valence-corrected chi connectivity index (χ0v) is 14.5. The van der Waals surface area contributed by atoms with Crippen LogP contribution in [0.1, 0.15) is 31.2 Å². The molecule has 0 radical (unpaired) electrons. The van der Waals surface area contributed by atoms with E-state index in [0.29, 0.717) is 32.8 Å². The molecule has 2 aliphatic rings. The highest BCUT2D eigenvalue weighted by molar-refractivity contribution is 5.84. The number of ether oxygens (including phenoxy) is 1. The Morgan fingerprint density at radius 2 is 2.21 bits per heavy atom. The van der Waals surface area contributed by atoms with Gasteiger partial charge in [-0.1, -0.05) is 0 Å². The number of carbonyl (C=O) groups excluding carboxylic acids is 2. The molecule has 1 saturated heterocycles. The van der Waals surface area contributed by atoms with Crippen molar-refractivity contribution in [2.75, 3.05) is 27.2 Å². The van der Waals surface area contributed by atoms with E-state index in [0.717, 1.165) is 24.2 Å². The third kappa shape index (κ3) is 3.24. The van der Waals surface area contributed by atoms with Gasteiger partial charge in [0.25, 0.3) is 5.91 Å². The van der Waals surface area contributed by atoms with Crippen LogP contribution in [0.5, 0.6) is 0 Å². The van der Waals surface area contributed by atoms with Gasteiger partial charge in [-0.2, -0.15) is 5.10 Å². The molecule has 1 aromatic rings. The Hall–Kier alpha value is -2.09. The van der Waals surface area contributed by atoms with Gasteiger partial charge in [-0.15, -0.1) is 0 Å². The van der Waals surface area contributed by atoms with Gasteiger partial charge in [0, 0.05) is 27.2 Å². The van der Waals surface area contributed by atoms with Crippen molar-refractivity contribution in [2.24, 2.45) is 0 Å². The van der Waals surface area contributed by atoms with E-state index in [9.17, 15) is 9.59 Å². The summed E-state index contributed by atoms with van der Waals surface area (Å²) in [4.78, 5) is 27.7. The van der Waals surface area contributed by atoms with E-state index in [2.05, 4.69) is 10.4 Å². The summed E-state index contributed by atoms with van der Waals surface area (Å²) in [6.45, 7) is 4.70. The summed E-state index contributed by atoms with van der Waals surface area (Å²) in [5.74, 6) is -0.0876. The Morgan fingerprint density at radius 3 is 2.88 bits per heavy atom. The Morgan fingerprint density at radius 1 is 1.42 bits per heavy atom. The molecule has 3 amide bonds. The molecule has 0 aliphatic carbocycles. The van der Waals surface area contributed by atoms with Crippen LogP contribution in [0.15, 0.2) is 6.07 Å². The molecule has 0 bridgehead atoms. The molecule has 1 atom stereocenters. The summed E-state index contributed by atoms with van der Waals surface area (Å²) in [5, 5.41) is 7.43. The van der Waals surface area contributed by atoms with Crippen molar-refractivity contribution in [3.8, 4) is 0 Å². The van der Waals surface area contributed by atoms with Gasteiger partial charge in [0.2, 0.25) is 0 Å². The zero-order valence-electron chi connectivity index (χ0n) is 14.5. The van der Waals surface area contributed by atoms with Crippen LogP contribution in [-0.2, 0) is 29.2 Å². The number of fused-ring (bicyclic) bond motifs is 1. The number of hydrogen-bond donors (Lipinski definition) is 1. The van der Waals surface area contributed by atoms with E-state index in [1.807, 2.05) is 17.7 Å². The van der Waals surface area contributed by atoms with Gasteiger partial charge in [0.15, 0.2) is 0 Å². The van der Waals surface area contributed by atoms with Crippen LogP contribution in [0.2, 0.25) is 0 Å². The Labute approximate surface area is 141 Å². The maximum Gasteiger partial charge on any atom is 0.319 e. The quantitative estimate of drug-likeness (QED) is 0.876. The number of nitrogens with one attached hydrogen (secondary N) is 1. The lowest BCUT2D eigenvalue weighted by atomic mass is 10.0. The minimum absolute atomic E-state index is 0.00334. The first-order chi connectivity index (χ1) is 11.4. The molecule has 1 N–H and O–H groups in total. The van der Waals surface area contributed by atoms with Crippen LogP contribution in [0.25, 0.3) is 0 Å². The van der Waals surface area contributed by atoms with E-state index >= 15 is 0 Å². The standard InChI is InChI=1S/C16H25N5O3/c1-16(5-4-8-24-16)14(22)17-10-12-9-13-11-20(15(23)19(2)3)6-7-21(13)18-12/h9H,4-8,10-11H2,1-3H3,(H,17,22). The molecule has 1 unspecified atom stereocenters. The molecule has 132 valence electrons. The van der Waals surface area contributed by atoms with Gasteiger partial charge in [-0.3, -0.25) is 9.48 Å². The van der Waals surface area contributed by atoms with Gasteiger partial charge < -0.3 is 19.9 Å². The summed E-state index contributed by atoms with van der Waals surface area (Å²) < 4.78 is 7.46. The van der Waals surface area contributed by atoms with Crippen molar-refractivity contribution in [1.82, 2.24) is 24.9 Å². The smallest absolute Gasteiger partial charge is 0.319 e. The van der Waals surface area contributed by atoms with E-state index in [1.165, 1.54) is 0 Å². The molecule has 8 nitrogen and oxygen atoms in total. The summed E-state index contributed by atoms with van der Waals surface area (Å²) in [6.07, 6.45) is 1.67. The highest BCUT2D eigenvalue weighted by atomic mass is 16.5. The molecular formula is C16H25N5O3. The minimum atomic E-state index is -0.714. The average molecular weight is 335 g/mol. The SMILES string of the molecule is CN(C)C(=O)N1CCn2nc(CNC(=O)C3(C)CCCO3)cc2C1. The fourth-order valence-corrected chi connectivity index (χ4v) is 3.17. The van der Waals surface area contributed by atoms with Crippen molar-refractivity contribution in [2.45, 2.75) is 45.0 Å². The van der Waals surface area contributed by atoms with Gasteiger partial charge in [-0.25, -0.2) is 4.79 Å². The molecule has 0 spiro atoms. The van der Waals surface area contributed by atoms with Crippen LogP contribution >= 0.6 is 0 Å². The van der Waals surface area contributed by atoms with Gasteiger partial charge in [-0.05, 0) is 25.8 Å². The Kier molecular flexibility index (Phi) is 4.49.